The van der Waals surface area contributed by atoms with Crippen LogP contribution < -0.4 is 5.32 Å². The first-order valence-electron chi connectivity index (χ1n) is 6.11. The van der Waals surface area contributed by atoms with Gasteiger partial charge in [-0.05, 0) is 37.1 Å². The summed E-state index contributed by atoms with van der Waals surface area (Å²) in [6.45, 7) is 0.814. The minimum Gasteiger partial charge on any atom is -0.310 e. The molecule has 4 heteroatoms. The Morgan fingerprint density at radius 1 is 1.11 bits per heavy atom. The van der Waals surface area contributed by atoms with E-state index in [1.165, 1.54) is 25.0 Å². The molecule has 0 radical (unpaired) electrons. The summed E-state index contributed by atoms with van der Waals surface area (Å²) in [6, 6.07) is 6.89. The Morgan fingerprint density at radius 2 is 1.78 bits per heavy atom. The van der Waals surface area contributed by atoms with Crippen LogP contribution in [0.1, 0.15) is 18.4 Å². The molecule has 1 N–H and O–H groups in total. The first-order valence-corrected chi connectivity index (χ1v) is 6.11. The van der Waals surface area contributed by atoms with E-state index in [1.54, 1.807) is 12.1 Å². The summed E-state index contributed by atoms with van der Waals surface area (Å²) in [6.07, 6.45) is 6.19. The highest BCUT2D eigenvalue weighted by Crippen LogP contribution is 2.19. The molecule has 1 heterocycles. The summed E-state index contributed by atoms with van der Waals surface area (Å²) < 4.78 is 12.8. The number of halogens is 1. The van der Waals surface area contributed by atoms with E-state index >= 15 is 0 Å². The molecule has 3 rings (SSSR count). The number of hydrogen-bond acceptors (Lipinski definition) is 3. The Morgan fingerprint density at radius 3 is 2.39 bits per heavy atom. The SMILES string of the molecule is Fc1ccc(-c2ncc(CNC3CC3)cn2)cc1. The van der Waals surface area contributed by atoms with Crippen molar-refractivity contribution in [3.63, 3.8) is 0 Å². The molecule has 1 aliphatic carbocycles. The Labute approximate surface area is 105 Å². The van der Waals surface area contributed by atoms with Gasteiger partial charge in [0.1, 0.15) is 5.82 Å². The maximum atomic E-state index is 12.8. The van der Waals surface area contributed by atoms with E-state index in [4.69, 9.17) is 0 Å². The molecule has 0 unspecified atom stereocenters. The molecule has 1 fully saturated rings. The normalized spacial score (nSPS) is 14.7. The summed E-state index contributed by atoms with van der Waals surface area (Å²) in [4.78, 5) is 8.61. The van der Waals surface area contributed by atoms with Crippen molar-refractivity contribution < 1.29 is 4.39 Å². The van der Waals surface area contributed by atoms with E-state index in [-0.39, 0.29) is 5.82 Å². The van der Waals surface area contributed by atoms with Crippen LogP contribution in [0.4, 0.5) is 4.39 Å². The third kappa shape index (κ3) is 2.71. The molecule has 1 aliphatic rings. The van der Waals surface area contributed by atoms with Crippen molar-refractivity contribution in [2.45, 2.75) is 25.4 Å². The average molecular weight is 243 g/mol. The second-order valence-corrected chi connectivity index (χ2v) is 4.58. The van der Waals surface area contributed by atoms with E-state index in [0.29, 0.717) is 11.9 Å². The van der Waals surface area contributed by atoms with Gasteiger partial charge in [0.2, 0.25) is 0 Å². The molecular formula is C14H14FN3. The molecule has 1 aromatic carbocycles. The smallest absolute Gasteiger partial charge is 0.159 e. The van der Waals surface area contributed by atoms with Gasteiger partial charge < -0.3 is 5.32 Å². The lowest BCUT2D eigenvalue weighted by Gasteiger charge is -2.04. The van der Waals surface area contributed by atoms with E-state index < -0.39 is 0 Å². The first-order chi connectivity index (χ1) is 8.81. The predicted octanol–water partition coefficient (Wildman–Crippen LogP) is 2.53. The molecule has 1 saturated carbocycles. The monoisotopic (exact) mass is 243 g/mol. The molecule has 92 valence electrons. The van der Waals surface area contributed by atoms with Gasteiger partial charge in [-0.2, -0.15) is 0 Å². The Bertz CT molecular complexity index is 518. The number of hydrogen-bond donors (Lipinski definition) is 1. The van der Waals surface area contributed by atoms with Crippen LogP contribution in [0.3, 0.4) is 0 Å². The first kappa shape index (κ1) is 11.3. The predicted molar refractivity (Wildman–Crippen MR) is 67.3 cm³/mol. The molecule has 0 aliphatic heterocycles. The number of rotatable bonds is 4. The number of benzene rings is 1. The fourth-order valence-electron chi connectivity index (χ4n) is 1.74. The third-order valence-corrected chi connectivity index (χ3v) is 2.98. The van der Waals surface area contributed by atoms with Crippen LogP contribution in [0, 0.1) is 5.82 Å². The summed E-state index contributed by atoms with van der Waals surface area (Å²) in [5.74, 6) is 0.383. The Balaban J connectivity index is 1.71. The summed E-state index contributed by atoms with van der Waals surface area (Å²) in [5.41, 5.74) is 1.91. The quantitative estimate of drug-likeness (QED) is 0.896. The second-order valence-electron chi connectivity index (χ2n) is 4.58. The van der Waals surface area contributed by atoms with Crippen molar-refractivity contribution >= 4 is 0 Å². The van der Waals surface area contributed by atoms with Crippen LogP contribution in [0.15, 0.2) is 36.7 Å². The number of nitrogens with zero attached hydrogens (tertiary/aromatic N) is 2. The van der Waals surface area contributed by atoms with Crippen molar-refractivity contribution in [1.29, 1.82) is 0 Å². The van der Waals surface area contributed by atoms with Gasteiger partial charge in [0.05, 0.1) is 0 Å². The van der Waals surface area contributed by atoms with Crippen molar-refractivity contribution in [1.82, 2.24) is 15.3 Å². The van der Waals surface area contributed by atoms with Crippen LogP contribution >= 0.6 is 0 Å². The highest BCUT2D eigenvalue weighted by molar-refractivity contribution is 5.54. The van der Waals surface area contributed by atoms with Crippen LogP contribution in [0.2, 0.25) is 0 Å². The van der Waals surface area contributed by atoms with E-state index in [1.807, 2.05) is 12.4 Å². The topological polar surface area (TPSA) is 37.8 Å². The number of nitrogens with one attached hydrogen (secondary N) is 1. The minimum absolute atomic E-state index is 0.246. The summed E-state index contributed by atoms with van der Waals surface area (Å²) in [5, 5.41) is 3.41. The second kappa shape index (κ2) is 4.82. The highest BCUT2D eigenvalue weighted by Gasteiger charge is 2.19. The molecule has 0 amide bonds. The fourth-order valence-corrected chi connectivity index (χ4v) is 1.74. The lowest BCUT2D eigenvalue weighted by Crippen LogP contribution is -2.15. The van der Waals surface area contributed by atoms with Crippen LogP contribution in [0.25, 0.3) is 11.4 Å². The Hall–Kier alpha value is -1.81. The average Bonchev–Trinajstić information content (AvgIpc) is 3.22. The molecular weight excluding hydrogens is 229 g/mol. The van der Waals surface area contributed by atoms with Gasteiger partial charge in [0.15, 0.2) is 5.82 Å². The van der Waals surface area contributed by atoms with Gasteiger partial charge in [0, 0.05) is 36.1 Å². The van der Waals surface area contributed by atoms with Gasteiger partial charge in [-0.3, -0.25) is 0 Å². The van der Waals surface area contributed by atoms with Gasteiger partial charge in [-0.25, -0.2) is 14.4 Å². The third-order valence-electron chi connectivity index (χ3n) is 2.98. The molecule has 18 heavy (non-hydrogen) atoms. The highest BCUT2D eigenvalue weighted by atomic mass is 19.1. The van der Waals surface area contributed by atoms with Gasteiger partial charge >= 0.3 is 0 Å². The van der Waals surface area contributed by atoms with Gasteiger partial charge in [0.25, 0.3) is 0 Å². The molecule has 3 nitrogen and oxygen atoms in total. The lowest BCUT2D eigenvalue weighted by molar-refractivity contribution is 0.628. The largest absolute Gasteiger partial charge is 0.310 e. The zero-order valence-electron chi connectivity index (χ0n) is 9.94. The number of aromatic nitrogens is 2. The molecule has 0 saturated heterocycles. The van der Waals surface area contributed by atoms with Crippen molar-refractivity contribution in [3.05, 3.63) is 48.0 Å². The Kier molecular flexibility index (Phi) is 3.02. The van der Waals surface area contributed by atoms with Gasteiger partial charge in [-0.1, -0.05) is 0 Å². The van der Waals surface area contributed by atoms with Gasteiger partial charge in [-0.15, -0.1) is 0 Å². The van der Waals surface area contributed by atoms with E-state index in [0.717, 1.165) is 17.7 Å². The molecule has 2 aromatic rings. The van der Waals surface area contributed by atoms with Crippen LogP contribution in [0.5, 0.6) is 0 Å². The van der Waals surface area contributed by atoms with Crippen molar-refractivity contribution in [2.24, 2.45) is 0 Å². The van der Waals surface area contributed by atoms with Crippen molar-refractivity contribution in [3.8, 4) is 11.4 Å². The molecule has 0 spiro atoms. The summed E-state index contributed by atoms with van der Waals surface area (Å²) >= 11 is 0. The fraction of sp³-hybridized carbons (Fsp3) is 0.286. The minimum atomic E-state index is -0.246. The van der Waals surface area contributed by atoms with Crippen LogP contribution in [-0.2, 0) is 6.54 Å². The van der Waals surface area contributed by atoms with Crippen molar-refractivity contribution in [2.75, 3.05) is 0 Å². The van der Waals surface area contributed by atoms with E-state index in [2.05, 4.69) is 15.3 Å². The molecule has 0 bridgehead atoms. The molecule has 1 aromatic heterocycles. The molecule has 0 atom stereocenters. The van der Waals surface area contributed by atoms with E-state index in [9.17, 15) is 4.39 Å². The zero-order valence-corrected chi connectivity index (χ0v) is 9.94. The zero-order chi connectivity index (χ0) is 12.4. The maximum Gasteiger partial charge on any atom is 0.159 e. The standard InChI is InChI=1S/C14H14FN3/c15-12-3-1-11(2-4-12)14-17-8-10(9-18-14)7-16-13-5-6-13/h1-4,8-9,13,16H,5-7H2. The lowest BCUT2D eigenvalue weighted by atomic mass is 10.2. The summed E-state index contributed by atoms with van der Waals surface area (Å²) in [7, 11) is 0. The maximum absolute atomic E-state index is 12.8. The van der Waals surface area contributed by atoms with Crippen LogP contribution in [-0.4, -0.2) is 16.0 Å².